The third-order valence-corrected chi connectivity index (χ3v) is 3.84. The Balaban J connectivity index is 1.85. The van der Waals surface area contributed by atoms with E-state index in [1.165, 1.54) is 0 Å². The van der Waals surface area contributed by atoms with Crippen molar-refractivity contribution in [2.75, 3.05) is 33.5 Å². The molecule has 1 unspecified atom stereocenters. The fourth-order valence-corrected chi connectivity index (χ4v) is 2.89. The molecule has 1 aliphatic heterocycles. The average Bonchev–Trinajstić information content (AvgIpc) is 3.02. The number of amides is 1. The van der Waals surface area contributed by atoms with Crippen molar-refractivity contribution < 1.29 is 14.3 Å². The molecule has 100 valence electrons. The molecule has 18 heavy (non-hydrogen) atoms. The Morgan fingerprint density at radius 2 is 2.50 bits per heavy atom. The molecule has 1 fully saturated rings. The predicted molar refractivity (Wildman–Crippen MR) is 68.5 cm³/mol. The van der Waals surface area contributed by atoms with Crippen LogP contribution in [0.25, 0.3) is 0 Å². The van der Waals surface area contributed by atoms with Gasteiger partial charge in [-0.15, -0.1) is 11.3 Å². The largest absolute Gasteiger partial charge is 0.382 e. The second kappa shape index (κ2) is 6.82. The molecule has 1 atom stereocenters. The number of aromatic nitrogens is 1. The van der Waals surface area contributed by atoms with Gasteiger partial charge < -0.3 is 14.4 Å². The van der Waals surface area contributed by atoms with Gasteiger partial charge in [-0.2, -0.15) is 0 Å². The van der Waals surface area contributed by atoms with Crippen LogP contribution in [-0.2, 0) is 14.3 Å². The summed E-state index contributed by atoms with van der Waals surface area (Å²) in [5.41, 5.74) is 0. The lowest BCUT2D eigenvalue weighted by Gasteiger charge is -2.22. The molecule has 1 amide bonds. The number of thiazole rings is 1. The molecule has 1 aromatic heterocycles. The van der Waals surface area contributed by atoms with Gasteiger partial charge in [-0.3, -0.25) is 4.79 Å². The fraction of sp³-hybridized carbons (Fsp3) is 0.667. The van der Waals surface area contributed by atoms with Crippen molar-refractivity contribution in [3.63, 3.8) is 0 Å². The highest BCUT2D eigenvalue weighted by Gasteiger charge is 2.31. The van der Waals surface area contributed by atoms with Crippen LogP contribution >= 0.6 is 11.3 Å². The monoisotopic (exact) mass is 270 g/mol. The first-order valence-electron chi connectivity index (χ1n) is 6.08. The minimum absolute atomic E-state index is 0.0452. The molecule has 1 aromatic rings. The summed E-state index contributed by atoms with van der Waals surface area (Å²) >= 11 is 1.61. The van der Waals surface area contributed by atoms with Gasteiger partial charge in [-0.25, -0.2) is 4.98 Å². The summed E-state index contributed by atoms with van der Waals surface area (Å²) in [6.45, 7) is 1.91. The van der Waals surface area contributed by atoms with E-state index in [-0.39, 0.29) is 18.6 Å². The summed E-state index contributed by atoms with van der Waals surface area (Å²) in [6.07, 6.45) is 3.82. The highest BCUT2D eigenvalue weighted by atomic mass is 32.1. The second-order valence-corrected chi connectivity index (χ2v) is 5.09. The fourth-order valence-electron chi connectivity index (χ4n) is 2.11. The average molecular weight is 270 g/mol. The van der Waals surface area contributed by atoms with Crippen LogP contribution in [0.15, 0.2) is 11.6 Å². The van der Waals surface area contributed by atoms with E-state index in [1.807, 2.05) is 10.3 Å². The van der Waals surface area contributed by atoms with Crippen LogP contribution in [0.2, 0.25) is 0 Å². The van der Waals surface area contributed by atoms with Crippen LogP contribution in [0.5, 0.6) is 0 Å². The second-order valence-electron chi connectivity index (χ2n) is 4.16. The van der Waals surface area contributed by atoms with E-state index >= 15 is 0 Å². The van der Waals surface area contributed by atoms with Crippen molar-refractivity contribution in [2.45, 2.75) is 18.9 Å². The van der Waals surface area contributed by atoms with Gasteiger partial charge in [0.05, 0.1) is 19.3 Å². The molecule has 0 spiro atoms. The molecule has 0 saturated carbocycles. The highest BCUT2D eigenvalue weighted by molar-refractivity contribution is 7.09. The molecule has 1 saturated heterocycles. The zero-order valence-electron chi connectivity index (χ0n) is 10.5. The summed E-state index contributed by atoms with van der Waals surface area (Å²) in [7, 11) is 1.62. The van der Waals surface area contributed by atoms with Gasteiger partial charge in [0.25, 0.3) is 0 Å². The molecular formula is C12H18N2O3S. The van der Waals surface area contributed by atoms with E-state index in [9.17, 15) is 4.79 Å². The lowest BCUT2D eigenvalue weighted by Crippen LogP contribution is -2.33. The van der Waals surface area contributed by atoms with Crippen molar-refractivity contribution in [1.29, 1.82) is 0 Å². The number of nitrogens with zero attached hydrogens (tertiary/aromatic N) is 2. The minimum Gasteiger partial charge on any atom is -0.382 e. The van der Waals surface area contributed by atoms with E-state index in [4.69, 9.17) is 9.47 Å². The Hall–Kier alpha value is -0.980. The maximum Gasteiger partial charge on any atom is 0.249 e. The number of hydrogen-bond acceptors (Lipinski definition) is 5. The zero-order chi connectivity index (χ0) is 12.8. The number of ether oxygens (including phenoxy) is 2. The first-order valence-corrected chi connectivity index (χ1v) is 6.96. The number of carbonyl (C=O) groups excluding carboxylic acids is 1. The Morgan fingerprint density at radius 3 is 3.22 bits per heavy atom. The summed E-state index contributed by atoms with van der Waals surface area (Å²) in [4.78, 5) is 18.2. The van der Waals surface area contributed by atoms with Crippen molar-refractivity contribution in [1.82, 2.24) is 9.88 Å². The number of carbonyl (C=O) groups is 1. The summed E-state index contributed by atoms with van der Waals surface area (Å²) in [6, 6.07) is 0.142. The lowest BCUT2D eigenvalue weighted by atomic mass is 10.2. The van der Waals surface area contributed by atoms with Crippen LogP contribution in [-0.4, -0.2) is 49.3 Å². The molecule has 0 aliphatic carbocycles. The van der Waals surface area contributed by atoms with E-state index in [2.05, 4.69) is 4.98 Å². The van der Waals surface area contributed by atoms with Gasteiger partial charge >= 0.3 is 0 Å². The highest BCUT2D eigenvalue weighted by Crippen LogP contribution is 2.32. The maximum absolute atomic E-state index is 12.1. The normalized spacial score (nSPS) is 19.4. The van der Waals surface area contributed by atoms with Crippen LogP contribution in [0.1, 0.15) is 23.9 Å². The van der Waals surface area contributed by atoms with Crippen LogP contribution in [0.3, 0.4) is 0 Å². The van der Waals surface area contributed by atoms with Gasteiger partial charge in [-0.1, -0.05) is 0 Å². The van der Waals surface area contributed by atoms with Crippen molar-refractivity contribution in [3.05, 3.63) is 16.6 Å². The Morgan fingerprint density at radius 1 is 1.61 bits per heavy atom. The number of methoxy groups -OCH3 is 1. The smallest absolute Gasteiger partial charge is 0.249 e. The molecule has 1 aliphatic rings. The van der Waals surface area contributed by atoms with Gasteiger partial charge in [-0.05, 0) is 12.8 Å². The molecule has 0 radical (unpaired) electrons. The molecule has 2 heterocycles. The van der Waals surface area contributed by atoms with Crippen molar-refractivity contribution >= 4 is 17.2 Å². The standard InChI is InChI=1S/C12H18N2O3S/c1-16-6-7-17-9-11(15)14-5-2-3-10(14)12-13-4-8-18-12/h4,8,10H,2-3,5-7,9H2,1H3. The first-order chi connectivity index (χ1) is 8.83. The van der Waals surface area contributed by atoms with Crippen LogP contribution in [0, 0.1) is 0 Å². The number of hydrogen-bond donors (Lipinski definition) is 0. The topological polar surface area (TPSA) is 51.7 Å². The minimum atomic E-state index is 0.0452. The number of likely N-dealkylation sites (tertiary alicyclic amines) is 1. The molecular weight excluding hydrogens is 252 g/mol. The van der Waals surface area contributed by atoms with Crippen molar-refractivity contribution in [2.24, 2.45) is 0 Å². The summed E-state index contributed by atoms with van der Waals surface area (Å²) in [5.74, 6) is 0.0452. The van der Waals surface area contributed by atoms with Gasteiger partial charge in [0.2, 0.25) is 5.91 Å². The molecule has 0 N–H and O–H groups in total. The SMILES string of the molecule is COCCOCC(=O)N1CCCC1c1nccs1. The number of rotatable bonds is 6. The van der Waals surface area contributed by atoms with Gasteiger partial charge in [0, 0.05) is 25.2 Å². The third-order valence-electron chi connectivity index (χ3n) is 2.97. The Kier molecular flexibility index (Phi) is 5.10. The van der Waals surface area contributed by atoms with E-state index < -0.39 is 0 Å². The van der Waals surface area contributed by atoms with Gasteiger partial charge in [0.1, 0.15) is 11.6 Å². The van der Waals surface area contributed by atoms with E-state index in [0.29, 0.717) is 13.2 Å². The summed E-state index contributed by atoms with van der Waals surface area (Å²) in [5, 5.41) is 2.98. The first kappa shape index (κ1) is 13.5. The van der Waals surface area contributed by atoms with E-state index in [0.717, 1.165) is 24.4 Å². The zero-order valence-corrected chi connectivity index (χ0v) is 11.3. The molecule has 0 aromatic carbocycles. The van der Waals surface area contributed by atoms with E-state index in [1.54, 1.807) is 24.6 Å². The van der Waals surface area contributed by atoms with Crippen LogP contribution < -0.4 is 0 Å². The molecule has 5 nitrogen and oxygen atoms in total. The van der Waals surface area contributed by atoms with Crippen molar-refractivity contribution in [3.8, 4) is 0 Å². The quantitative estimate of drug-likeness (QED) is 0.735. The Bertz CT molecular complexity index is 369. The summed E-state index contributed by atoms with van der Waals surface area (Å²) < 4.78 is 10.2. The lowest BCUT2D eigenvalue weighted by molar-refractivity contribution is -0.137. The molecule has 6 heteroatoms. The predicted octanol–water partition coefficient (Wildman–Crippen LogP) is 1.47. The third kappa shape index (κ3) is 3.28. The molecule has 0 bridgehead atoms. The molecule has 2 rings (SSSR count). The Labute approximate surface area is 111 Å². The maximum atomic E-state index is 12.1. The van der Waals surface area contributed by atoms with Gasteiger partial charge in [0.15, 0.2) is 0 Å². The van der Waals surface area contributed by atoms with Crippen LogP contribution in [0.4, 0.5) is 0 Å².